The van der Waals surface area contributed by atoms with Crippen LogP contribution in [0.1, 0.15) is 27.0 Å². The zero-order valence-electron chi connectivity index (χ0n) is 11.6. The maximum Gasteiger partial charge on any atom is 0.263 e. The molecule has 0 aromatic carbocycles. The first-order chi connectivity index (χ1) is 9.52. The van der Waals surface area contributed by atoms with Gasteiger partial charge in [-0.1, -0.05) is 12.1 Å². The summed E-state index contributed by atoms with van der Waals surface area (Å²) in [6.45, 7) is 2.26. The van der Waals surface area contributed by atoms with Crippen LogP contribution in [0.4, 0.5) is 0 Å². The molecule has 1 aliphatic rings. The molecular weight excluding hydrogens is 294 g/mol. The van der Waals surface area contributed by atoms with E-state index in [-0.39, 0.29) is 17.7 Å². The van der Waals surface area contributed by atoms with Gasteiger partial charge in [-0.25, -0.2) is 0 Å². The molecule has 110 valence electrons. The van der Waals surface area contributed by atoms with Crippen molar-refractivity contribution in [2.24, 2.45) is 16.8 Å². The summed E-state index contributed by atoms with van der Waals surface area (Å²) in [7, 11) is 1.75. The molecule has 0 spiro atoms. The summed E-state index contributed by atoms with van der Waals surface area (Å²) in [5.74, 6) is 2.12. The van der Waals surface area contributed by atoms with E-state index in [1.165, 1.54) is 10.4 Å². The third kappa shape index (κ3) is 3.27. The van der Waals surface area contributed by atoms with Gasteiger partial charge < -0.3 is 15.8 Å². The highest BCUT2D eigenvalue weighted by molar-refractivity contribution is 7.98. The number of thioether (sulfide) groups is 1. The molecule has 1 aromatic heterocycles. The normalized spacial score (nSPS) is 16.6. The third-order valence-electron chi connectivity index (χ3n) is 3.35. The molecule has 0 saturated carbocycles. The van der Waals surface area contributed by atoms with E-state index in [1.54, 1.807) is 23.3 Å². The van der Waals surface area contributed by atoms with Crippen LogP contribution in [0.25, 0.3) is 0 Å². The van der Waals surface area contributed by atoms with E-state index >= 15 is 0 Å². The minimum Gasteiger partial charge on any atom is -0.409 e. The predicted octanol–water partition coefficient (Wildman–Crippen LogP) is 1.99. The van der Waals surface area contributed by atoms with E-state index in [2.05, 4.69) is 5.16 Å². The number of fused-ring (bicyclic) bond motifs is 1. The molecule has 1 atom stereocenters. The van der Waals surface area contributed by atoms with E-state index in [0.717, 1.165) is 22.8 Å². The molecule has 0 aliphatic carbocycles. The van der Waals surface area contributed by atoms with Gasteiger partial charge in [-0.05, 0) is 23.8 Å². The van der Waals surface area contributed by atoms with Crippen LogP contribution in [0.15, 0.2) is 11.2 Å². The van der Waals surface area contributed by atoms with E-state index in [4.69, 9.17) is 10.9 Å². The second kappa shape index (κ2) is 6.49. The molecule has 2 rings (SSSR count). The fourth-order valence-electron chi connectivity index (χ4n) is 2.13. The Kier molecular flexibility index (Phi) is 4.93. The van der Waals surface area contributed by atoms with Gasteiger partial charge in [-0.3, -0.25) is 4.79 Å². The monoisotopic (exact) mass is 313 g/mol. The lowest BCUT2D eigenvalue weighted by Crippen LogP contribution is -2.36. The first kappa shape index (κ1) is 15.2. The Morgan fingerprint density at radius 1 is 1.65 bits per heavy atom. The average Bonchev–Trinajstić information content (AvgIpc) is 2.89. The van der Waals surface area contributed by atoms with Gasteiger partial charge in [0.15, 0.2) is 0 Å². The molecule has 1 amide bonds. The van der Waals surface area contributed by atoms with Crippen LogP contribution >= 0.6 is 23.1 Å². The number of thiophene rings is 1. The number of nitrogens with zero attached hydrogens (tertiary/aromatic N) is 2. The first-order valence-corrected chi connectivity index (χ1v) is 8.42. The molecular formula is C13H19N3O2S2. The lowest BCUT2D eigenvalue weighted by molar-refractivity contribution is 0.0790. The largest absolute Gasteiger partial charge is 0.409 e. The number of hydrogen-bond donors (Lipinski definition) is 2. The van der Waals surface area contributed by atoms with Gasteiger partial charge in [-0.2, -0.15) is 11.8 Å². The second-order valence-corrected chi connectivity index (χ2v) is 7.22. The SMILES string of the molecule is CC(CN(C)C(=O)c1cc2c(s1)CCSC2)C(N)=NO. The van der Waals surface area contributed by atoms with Crippen molar-refractivity contribution in [2.75, 3.05) is 19.3 Å². The van der Waals surface area contributed by atoms with Crippen LogP contribution in [-0.4, -0.2) is 41.2 Å². The number of amidine groups is 1. The third-order valence-corrected chi connectivity index (χ3v) is 5.59. The number of amides is 1. The summed E-state index contributed by atoms with van der Waals surface area (Å²) in [5, 5.41) is 11.6. The summed E-state index contributed by atoms with van der Waals surface area (Å²) < 4.78 is 0. The minimum atomic E-state index is -0.168. The molecule has 1 aliphatic heterocycles. The Morgan fingerprint density at radius 2 is 2.40 bits per heavy atom. The van der Waals surface area contributed by atoms with Crippen molar-refractivity contribution in [2.45, 2.75) is 19.1 Å². The smallest absolute Gasteiger partial charge is 0.263 e. The van der Waals surface area contributed by atoms with E-state index in [1.807, 2.05) is 24.8 Å². The number of carbonyl (C=O) groups is 1. The Balaban J connectivity index is 2.05. The van der Waals surface area contributed by atoms with Gasteiger partial charge in [0.1, 0.15) is 5.84 Å². The molecule has 1 aromatic rings. The molecule has 20 heavy (non-hydrogen) atoms. The number of rotatable bonds is 4. The summed E-state index contributed by atoms with van der Waals surface area (Å²) in [6, 6.07) is 2.01. The highest BCUT2D eigenvalue weighted by Crippen LogP contribution is 2.32. The van der Waals surface area contributed by atoms with E-state index in [0.29, 0.717) is 6.54 Å². The molecule has 0 radical (unpaired) electrons. The molecule has 5 nitrogen and oxygen atoms in total. The molecule has 7 heteroatoms. The Bertz CT molecular complexity index is 504. The van der Waals surface area contributed by atoms with Crippen molar-refractivity contribution >= 4 is 34.8 Å². The van der Waals surface area contributed by atoms with Crippen LogP contribution in [0.5, 0.6) is 0 Å². The van der Waals surface area contributed by atoms with Crippen molar-refractivity contribution in [3.8, 4) is 0 Å². The lowest BCUT2D eigenvalue weighted by Gasteiger charge is -2.20. The van der Waals surface area contributed by atoms with Gasteiger partial charge >= 0.3 is 0 Å². The summed E-state index contributed by atoms with van der Waals surface area (Å²) in [5.41, 5.74) is 6.84. The Hall–Kier alpha value is -1.21. The number of carbonyl (C=O) groups excluding carboxylic acids is 1. The Labute approximate surface area is 126 Å². The molecule has 3 N–H and O–H groups in total. The van der Waals surface area contributed by atoms with Crippen LogP contribution < -0.4 is 5.73 Å². The number of hydrogen-bond acceptors (Lipinski definition) is 5. The van der Waals surface area contributed by atoms with E-state index in [9.17, 15) is 4.79 Å². The van der Waals surface area contributed by atoms with Gasteiger partial charge in [-0.15, -0.1) is 11.3 Å². The van der Waals surface area contributed by atoms with Crippen molar-refractivity contribution in [1.29, 1.82) is 0 Å². The van der Waals surface area contributed by atoms with Crippen LogP contribution in [0, 0.1) is 5.92 Å². The summed E-state index contributed by atoms with van der Waals surface area (Å²) in [6.07, 6.45) is 1.06. The maximum atomic E-state index is 12.4. The molecule has 0 fully saturated rings. The lowest BCUT2D eigenvalue weighted by atomic mass is 10.1. The van der Waals surface area contributed by atoms with Crippen LogP contribution in [-0.2, 0) is 12.2 Å². The molecule has 1 unspecified atom stereocenters. The first-order valence-electron chi connectivity index (χ1n) is 6.45. The molecule has 2 heterocycles. The summed E-state index contributed by atoms with van der Waals surface area (Å²) >= 11 is 3.51. The predicted molar refractivity (Wildman–Crippen MR) is 83.7 cm³/mol. The Morgan fingerprint density at radius 3 is 3.05 bits per heavy atom. The van der Waals surface area contributed by atoms with Crippen LogP contribution in [0.3, 0.4) is 0 Å². The summed E-state index contributed by atoms with van der Waals surface area (Å²) in [4.78, 5) is 16.1. The molecule has 0 bridgehead atoms. The standard InChI is InChI=1S/C13H19N3O2S2/c1-8(12(14)15-18)6-16(2)13(17)11-5-9-7-19-4-3-10(9)20-11/h5,8,18H,3-4,6-7H2,1-2H3,(H2,14,15). The highest BCUT2D eigenvalue weighted by Gasteiger charge is 2.21. The van der Waals surface area contributed by atoms with Crippen molar-refractivity contribution in [3.63, 3.8) is 0 Å². The van der Waals surface area contributed by atoms with Crippen LogP contribution in [0.2, 0.25) is 0 Å². The zero-order valence-corrected chi connectivity index (χ0v) is 13.3. The van der Waals surface area contributed by atoms with Gasteiger partial charge in [0, 0.05) is 30.1 Å². The number of oxime groups is 1. The zero-order chi connectivity index (χ0) is 14.7. The second-order valence-electron chi connectivity index (χ2n) is 4.97. The number of aryl methyl sites for hydroxylation is 1. The fraction of sp³-hybridized carbons (Fsp3) is 0.538. The fourth-order valence-corrected chi connectivity index (χ4v) is 4.49. The minimum absolute atomic E-state index is 0.00647. The van der Waals surface area contributed by atoms with Crippen molar-refractivity contribution in [3.05, 3.63) is 21.4 Å². The van der Waals surface area contributed by atoms with Gasteiger partial charge in [0.2, 0.25) is 0 Å². The average molecular weight is 313 g/mol. The van der Waals surface area contributed by atoms with Gasteiger partial charge in [0.25, 0.3) is 5.91 Å². The quantitative estimate of drug-likeness (QED) is 0.386. The van der Waals surface area contributed by atoms with Gasteiger partial charge in [0.05, 0.1) is 4.88 Å². The molecule has 0 saturated heterocycles. The van der Waals surface area contributed by atoms with E-state index < -0.39 is 0 Å². The maximum absolute atomic E-state index is 12.4. The topological polar surface area (TPSA) is 78.9 Å². The van der Waals surface area contributed by atoms with Crippen molar-refractivity contribution in [1.82, 2.24) is 4.90 Å². The van der Waals surface area contributed by atoms with Crippen molar-refractivity contribution < 1.29 is 10.0 Å². The number of nitrogens with two attached hydrogens (primary N) is 1. The highest BCUT2D eigenvalue weighted by atomic mass is 32.2.